The van der Waals surface area contributed by atoms with E-state index in [1.807, 2.05) is 31.2 Å². The third-order valence-electron chi connectivity index (χ3n) is 3.05. The molecule has 0 aliphatic carbocycles. The third kappa shape index (κ3) is 4.91. The lowest BCUT2D eigenvalue weighted by Crippen LogP contribution is -2.46. The van der Waals surface area contributed by atoms with Crippen LogP contribution >= 0.6 is 0 Å². The van der Waals surface area contributed by atoms with Gasteiger partial charge in [-0.15, -0.1) is 0 Å². The van der Waals surface area contributed by atoms with Gasteiger partial charge in [-0.1, -0.05) is 19.1 Å². The Morgan fingerprint density at radius 1 is 1.37 bits per heavy atom. The number of aliphatic hydroxyl groups is 1. The first-order chi connectivity index (χ1) is 8.88. The molecule has 1 aromatic rings. The zero-order valence-corrected chi connectivity index (χ0v) is 12.1. The van der Waals surface area contributed by atoms with Crippen molar-refractivity contribution in [3.05, 3.63) is 29.8 Å². The predicted octanol–water partition coefficient (Wildman–Crippen LogP) is 2.08. The first-order valence-electron chi connectivity index (χ1n) is 6.44. The summed E-state index contributed by atoms with van der Waals surface area (Å²) < 4.78 is 5.10. The van der Waals surface area contributed by atoms with E-state index < -0.39 is 5.54 Å². The number of amides is 1. The van der Waals surface area contributed by atoms with E-state index in [4.69, 9.17) is 9.84 Å². The van der Waals surface area contributed by atoms with Gasteiger partial charge in [0.05, 0.1) is 19.3 Å². The monoisotopic (exact) mass is 265 g/mol. The fourth-order valence-corrected chi connectivity index (χ4v) is 1.80. The molecule has 4 nitrogen and oxygen atoms in total. The van der Waals surface area contributed by atoms with Gasteiger partial charge in [-0.05, 0) is 37.5 Å². The average Bonchev–Trinajstić information content (AvgIpc) is 2.38. The highest BCUT2D eigenvalue weighted by molar-refractivity contribution is 5.77. The molecule has 106 valence electrons. The molecule has 1 aromatic carbocycles. The van der Waals surface area contributed by atoms with Crippen LogP contribution in [-0.4, -0.2) is 30.3 Å². The highest BCUT2D eigenvalue weighted by atomic mass is 16.5. The minimum Gasteiger partial charge on any atom is -0.497 e. The Hall–Kier alpha value is -1.55. The van der Waals surface area contributed by atoms with Crippen LogP contribution in [0.5, 0.6) is 5.75 Å². The van der Waals surface area contributed by atoms with Gasteiger partial charge in [0.15, 0.2) is 0 Å². The van der Waals surface area contributed by atoms with Crippen molar-refractivity contribution in [1.29, 1.82) is 0 Å². The maximum absolute atomic E-state index is 11.9. The Labute approximate surface area is 114 Å². The van der Waals surface area contributed by atoms with E-state index in [0.717, 1.165) is 11.3 Å². The smallest absolute Gasteiger partial charge is 0.221 e. The van der Waals surface area contributed by atoms with Crippen molar-refractivity contribution < 1.29 is 14.6 Å². The molecule has 0 saturated heterocycles. The first-order valence-corrected chi connectivity index (χ1v) is 6.44. The molecule has 0 aliphatic rings. The average molecular weight is 265 g/mol. The molecule has 0 aliphatic heterocycles. The predicted molar refractivity (Wildman–Crippen MR) is 75.3 cm³/mol. The summed E-state index contributed by atoms with van der Waals surface area (Å²) in [6.07, 6.45) is 0.399. The highest BCUT2D eigenvalue weighted by Gasteiger charge is 2.20. The summed E-state index contributed by atoms with van der Waals surface area (Å²) in [6, 6.07) is 7.71. The van der Waals surface area contributed by atoms with Gasteiger partial charge in [0.1, 0.15) is 5.75 Å². The molecule has 0 bridgehead atoms. The molecule has 0 aromatic heterocycles. The summed E-state index contributed by atoms with van der Waals surface area (Å²) in [5.41, 5.74) is 0.522. The Morgan fingerprint density at radius 3 is 2.42 bits per heavy atom. The quantitative estimate of drug-likeness (QED) is 0.828. The van der Waals surface area contributed by atoms with E-state index in [0.29, 0.717) is 6.42 Å². The van der Waals surface area contributed by atoms with Crippen LogP contribution in [0, 0.1) is 0 Å². The third-order valence-corrected chi connectivity index (χ3v) is 3.05. The van der Waals surface area contributed by atoms with Gasteiger partial charge in [-0.2, -0.15) is 0 Å². The van der Waals surface area contributed by atoms with Crippen LogP contribution < -0.4 is 10.1 Å². The van der Waals surface area contributed by atoms with Crippen molar-refractivity contribution in [1.82, 2.24) is 5.32 Å². The number of carbonyl (C=O) groups excluding carboxylic acids is 1. The van der Waals surface area contributed by atoms with Crippen LogP contribution in [0.3, 0.4) is 0 Å². The maximum Gasteiger partial charge on any atom is 0.221 e. The number of hydrogen-bond donors (Lipinski definition) is 2. The van der Waals surface area contributed by atoms with Crippen LogP contribution in [-0.2, 0) is 4.79 Å². The number of benzene rings is 1. The van der Waals surface area contributed by atoms with Gasteiger partial charge < -0.3 is 15.2 Å². The van der Waals surface area contributed by atoms with E-state index in [9.17, 15) is 4.79 Å². The summed E-state index contributed by atoms with van der Waals surface area (Å²) in [4.78, 5) is 11.9. The van der Waals surface area contributed by atoms with Crippen molar-refractivity contribution in [2.75, 3.05) is 13.7 Å². The molecule has 1 rings (SSSR count). The molecule has 4 heteroatoms. The van der Waals surface area contributed by atoms with E-state index >= 15 is 0 Å². The Balaban J connectivity index is 2.58. The van der Waals surface area contributed by atoms with Crippen LogP contribution in [0.1, 0.15) is 38.7 Å². The van der Waals surface area contributed by atoms with Crippen molar-refractivity contribution in [3.8, 4) is 5.75 Å². The molecule has 0 radical (unpaired) electrons. The van der Waals surface area contributed by atoms with Crippen molar-refractivity contribution in [2.24, 2.45) is 0 Å². The van der Waals surface area contributed by atoms with Crippen LogP contribution in [0.15, 0.2) is 24.3 Å². The molecule has 19 heavy (non-hydrogen) atoms. The van der Waals surface area contributed by atoms with Crippen molar-refractivity contribution >= 4 is 5.91 Å². The standard InChI is InChI=1S/C15H23NO3/c1-11(9-14(18)16-15(2,3)10-17)12-5-7-13(19-4)8-6-12/h5-8,11,17H,9-10H2,1-4H3,(H,16,18)/t11-/m0/s1. The lowest BCUT2D eigenvalue weighted by atomic mass is 9.96. The summed E-state index contributed by atoms with van der Waals surface area (Å²) in [7, 11) is 1.63. The molecule has 0 unspecified atom stereocenters. The topological polar surface area (TPSA) is 58.6 Å². The Bertz CT molecular complexity index is 412. The van der Waals surface area contributed by atoms with Crippen molar-refractivity contribution in [3.63, 3.8) is 0 Å². The van der Waals surface area contributed by atoms with E-state index in [-0.39, 0.29) is 18.4 Å². The summed E-state index contributed by atoms with van der Waals surface area (Å²) in [6.45, 7) is 5.52. The largest absolute Gasteiger partial charge is 0.497 e. The normalized spacial score (nSPS) is 12.9. The number of hydrogen-bond acceptors (Lipinski definition) is 3. The number of nitrogens with one attached hydrogen (secondary N) is 1. The second-order valence-electron chi connectivity index (χ2n) is 5.47. The molecule has 0 spiro atoms. The van der Waals surface area contributed by atoms with Gasteiger partial charge in [-0.3, -0.25) is 4.79 Å². The Kier molecular flexibility index (Phi) is 5.36. The zero-order chi connectivity index (χ0) is 14.5. The van der Waals surface area contributed by atoms with Crippen molar-refractivity contribution in [2.45, 2.75) is 38.6 Å². The van der Waals surface area contributed by atoms with Gasteiger partial charge in [0.2, 0.25) is 5.91 Å². The summed E-state index contributed by atoms with van der Waals surface area (Å²) in [5.74, 6) is 0.879. The van der Waals surface area contributed by atoms with Gasteiger partial charge >= 0.3 is 0 Å². The number of methoxy groups -OCH3 is 1. The lowest BCUT2D eigenvalue weighted by molar-refractivity contribution is -0.123. The van der Waals surface area contributed by atoms with Crippen LogP contribution in [0.4, 0.5) is 0 Å². The number of rotatable bonds is 6. The number of ether oxygens (including phenoxy) is 1. The molecule has 0 fully saturated rings. The van der Waals surface area contributed by atoms with E-state index in [1.54, 1.807) is 21.0 Å². The molecule has 2 N–H and O–H groups in total. The van der Waals surface area contributed by atoms with E-state index in [1.165, 1.54) is 0 Å². The molecule has 1 atom stereocenters. The van der Waals surface area contributed by atoms with Crippen LogP contribution in [0.2, 0.25) is 0 Å². The molecular formula is C15H23NO3. The molecule has 1 amide bonds. The minimum absolute atomic E-state index is 0.0534. The summed E-state index contributed by atoms with van der Waals surface area (Å²) >= 11 is 0. The lowest BCUT2D eigenvalue weighted by Gasteiger charge is -2.24. The second kappa shape index (κ2) is 6.57. The minimum atomic E-state index is -0.573. The fourth-order valence-electron chi connectivity index (χ4n) is 1.80. The van der Waals surface area contributed by atoms with Gasteiger partial charge in [0, 0.05) is 6.42 Å². The molecular weight excluding hydrogens is 242 g/mol. The van der Waals surface area contributed by atoms with Crippen LogP contribution in [0.25, 0.3) is 0 Å². The zero-order valence-electron chi connectivity index (χ0n) is 12.1. The first kappa shape index (κ1) is 15.5. The molecule has 0 saturated carbocycles. The highest BCUT2D eigenvalue weighted by Crippen LogP contribution is 2.22. The summed E-state index contributed by atoms with van der Waals surface area (Å²) in [5, 5.41) is 11.9. The number of aliphatic hydroxyl groups excluding tert-OH is 1. The van der Waals surface area contributed by atoms with E-state index in [2.05, 4.69) is 5.32 Å². The molecule has 0 heterocycles. The van der Waals surface area contributed by atoms with Gasteiger partial charge in [-0.25, -0.2) is 0 Å². The maximum atomic E-state index is 11.9. The fraction of sp³-hybridized carbons (Fsp3) is 0.533. The second-order valence-corrected chi connectivity index (χ2v) is 5.47. The number of carbonyl (C=O) groups is 1. The Morgan fingerprint density at radius 2 is 1.95 bits per heavy atom. The SMILES string of the molecule is COc1ccc([C@@H](C)CC(=O)NC(C)(C)CO)cc1. The van der Waals surface area contributed by atoms with Gasteiger partial charge in [0.25, 0.3) is 0 Å².